The molecule has 0 amide bonds. The number of nitrogen functional groups attached to an aromatic ring is 1. The highest BCUT2D eigenvalue weighted by molar-refractivity contribution is 5.90. The van der Waals surface area contributed by atoms with Crippen molar-refractivity contribution in [1.82, 2.24) is 4.98 Å². The van der Waals surface area contributed by atoms with Gasteiger partial charge in [-0.2, -0.15) is 0 Å². The Hall–Kier alpha value is -3.11. The van der Waals surface area contributed by atoms with Gasteiger partial charge in [-0.25, -0.2) is 22.9 Å². The zero-order valence-electron chi connectivity index (χ0n) is 12.2. The molecule has 0 radical (unpaired) electrons. The molecule has 0 atom stereocenters. The van der Waals surface area contributed by atoms with Crippen LogP contribution in [0.2, 0.25) is 0 Å². The lowest BCUT2D eigenvalue weighted by Crippen LogP contribution is -2.25. The highest BCUT2D eigenvalue weighted by Crippen LogP contribution is 2.44. The van der Waals surface area contributed by atoms with E-state index in [1.165, 1.54) is 0 Å². The Kier molecular flexibility index (Phi) is 3.66. The SMILES string of the molecule is COC(=O)c1nc(-c2cc3c(cc2F)OC(F)(F)O3)c(F)c(N)c1F. The highest BCUT2D eigenvalue weighted by atomic mass is 19.3. The van der Waals surface area contributed by atoms with E-state index < -0.39 is 63.9 Å². The molecule has 0 bridgehead atoms. The summed E-state index contributed by atoms with van der Waals surface area (Å²) >= 11 is 0. The minimum absolute atomic E-state index is 0.504. The summed E-state index contributed by atoms with van der Waals surface area (Å²) < 4.78 is 80.8. The first-order valence-corrected chi connectivity index (χ1v) is 6.47. The van der Waals surface area contributed by atoms with E-state index >= 15 is 0 Å². The number of fused-ring (bicyclic) bond motifs is 1. The second kappa shape index (κ2) is 5.46. The number of esters is 1. The molecule has 0 spiro atoms. The van der Waals surface area contributed by atoms with Crippen molar-refractivity contribution in [2.45, 2.75) is 6.29 Å². The average molecular weight is 362 g/mol. The minimum Gasteiger partial charge on any atom is -0.464 e. The summed E-state index contributed by atoms with van der Waals surface area (Å²) in [5.74, 6) is -6.76. The summed E-state index contributed by atoms with van der Waals surface area (Å²) in [6.07, 6.45) is -4.03. The molecule has 0 fully saturated rings. The van der Waals surface area contributed by atoms with Crippen LogP contribution in [0, 0.1) is 17.5 Å². The number of hydrogen-bond acceptors (Lipinski definition) is 6. The van der Waals surface area contributed by atoms with Crippen LogP contribution < -0.4 is 15.2 Å². The van der Waals surface area contributed by atoms with Crippen LogP contribution in [0.15, 0.2) is 12.1 Å². The zero-order chi connectivity index (χ0) is 18.5. The second-order valence-corrected chi connectivity index (χ2v) is 4.79. The third-order valence-corrected chi connectivity index (χ3v) is 3.24. The summed E-state index contributed by atoms with van der Waals surface area (Å²) in [6, 6.07) is 1.17. The zero-order valence-corrected chi connectivity index (χ0v) is 12.2. The Balaban J connectivity index is 2.21. The smallest absolute Gasteiger partial charge is 0.464 e. The van der Waals surface area contributed by atoms with E-state index in [9.17, 15) is 26.7 Å². The number of carbonyl (C=O) groups is 1. The lowest BCUT2D eigenvalue weighted by Gasteiger charge is -2.10. The van der Waals surface area contributed by atoms with Crippen molar-refractivity contribution in [3.63, 3.8) is 0 Å². The number of methoxy groups -OCH3 is 1. The quantitative estimate of drug-likeness (QED) is 0.653. The van der Waals surface area contributed by atoms with Gasteiger partial charge in [0.1, 0.15) is 17.2 Å². The number of anilines is 1. The third kappa shape index (κ3) is 2.66. The molecular formula is C14H7F5N2O4. The van der Waals surface area contributed by atoms with Crippen LogP contribution in [0.3, 0.4) is 0 Å². The summed E-state index contributed by atoms with van der Waals surface area (Å²) in [5, 5.41) is 0. The second-order valence-electron chi connectivity index (χ2n) is 4.79. The fourth-order valence-electron chi connectivity index (χ4n) is 2.12. The maximum atomic E-state index is 14.2. The number of ether oxygens (including phenoxy) is 3. The maximum absolute atomic E-state index is 14.2. The van der Waals surface area contributed by atoms with E-state index in [1.807, 2.05) is 0 Å². The molecule has 2 aromatic rings. The predicted molar refractivity (Wildman–Crippen MR) is 71.5 cm³/mol. The fourth-order valence-corrected chi connectivity index (χ4v) is 2.12. The van der Waals surface area contributed by atoms with Gasteiger partial charge in [-0.15, -0.1) is 8.78 Å². The van der Waals surface area contributed by atoms with E-state index in [1.54, 1.807) is 0 Å². The molecule has 0 saturated heterocycles. The van der Waals surface area contributed by atoms with Crippen LogP contribution >= 0.6 is 0 Å². The molecule has 2 heterocycles. The topological polar surface area (TPSA) is 83.7 Å². The lowest BCUT2D eigenvalue weighted by molar-refractivity contribution is -0.286. The minimum atomic E-state index is -4.03. The summed E-state index contributed by atoms with van der Waals surface area (Å²) in [4.78, 5) is 14.9. The normalized spacial score (nSPS) is 14.5. The maximum Gasteiger partial charge on any atom is 0.586 e. The molecule has 0 aliphatic carbocycles. The van der Waals surface area contributed by atoms with Crippen LogP contribution in [0.1, 0.15) is 10.5 Å². The largest absolute Gasteiger partial charge is 0.586 e. The molecule has 1 aliphatic heterocycles. The van der Waals surface area contributed by atoms with Crippen molar-refractivity contribution >= 4 is 11.7 Å². The molecule has 6 nitrogen and oxygen atoms in total. The van der Waals surface area contributed by atoms with Crippen molar-refractivity contribution in [1.29, 1.82) is 0 Å². The number of carbonyl (C=O) groups excluding carboxylic acids is 1. The molecule has 2 N–H and O–H groups in total. The molecule has 11 heteroatoms. The van der Waals surface area contributed by atoms with Gasteiger partial charge < -0.3 is 19.9 Å². The third-order valence-electron chi connectivity index (χ3n) is 3.24. The van der Waals surface area contributed by atoms with Gasteiger partial charge in [-0.05, 0) is 6.07 Å². The Morgan fingerprint density at radius 2 is 1.76 bits per heavy atom. The molecule has 1 aliphatic rings. The van der Waals surface area contributed by atoms with Crippen molar-refractivity contribution in [3.8, 4) is 22.8 Å². The van der Waals surface area contributed by atoms with Crippen molar-refractivity contribution in [2.24, 2.45) is 0 Å². The predicted octanol–water partition coefficient (Wildman–Crippen LogP) is 2.86. The number of rotatable bonds is 2. The molecule has 132 valence electrons. The standard InChI is InChI=1S/C14H7F5N2O4/c1-23-13(22)12-9(17)10(20)8(16)11(21-12)4-2-6-7(3-5(4)15)25-14(18,19)24-6/h2-3H,1H3,(H2,20,21). The van der Waals surface area contributed by atoms with Gasteiger partial charge in [-0.3, -0.25) is 0 Å². The fraction of sp³-hybridized carbons (Fsp3) is 0.143. The van der Waals surface area contributed by atoms with Crippen molar-refractivity contribution < 1.29 is 41.0 Å². The van der Waals surface area contributed by atoms with Gasteiger partial charge in [-0.1, -0.05) is 0 Å². The Morgan fingerprint density at radius 1 is 1.16 bits per heavy atom. The van der Waals surface area contributed by atoms with Gasteiger partial charge in [0.2, 0.25) is 0 Å². The van der Waals surface area contributed by atoms with Crippen LogP contribution in [0.5, 0.6) is 11.5 Å². The summed E-state index contributed by atoms with van der Waals surface area (Å²) in [5.41, 5.74) is 1.51. The van der Waals surface area contributed by atoms with Gasteiger partial charge in [0.25, 0.3) is 0 Å². The first kappa shape index (κ1) is 16.7. The van der Waals surface area contributed by atoms with E-state index in [4.69, 9.17) is 5.73 Å². The molecule has 1 aromatic heterocycles. The lowest BCUT2D eigenvalue weighted by atomic mass is 10.1. The van der Waals surface area contributed by atoms with Crippen LogP contribution in [-0.4, -0.2) is 24.4 Å². The average Bonchev–Trinajstić information content (AvgIpc) is 2.84. The van der Waals surface area contributed by atoms with E-state index in [0.29, 0.717) is 12.1 Å². The molecule has 25 heavy (non-hydrogen) atoms. The monoisotopic (exact) mass is 362 g/mol. The van der Waals surface area contributed by atoms with Gasteiger partial charge in [0.05, 0.1) is 7.11 Å². The van der Waals surface area contributed by atoms with Crippen molar-refractivity contribution in [3.05, 3.63) is 35.3 Å². The Morgan fingerprint density at radius 3 is 2.36 bits per heavy atom. The number of nitrogens with two attached hydrogens (primary N) is 1. The first-order valence-electron chi connectivity index (χ1n) is 6.47. The number of alkyl halides is 2. The van der Waals surface area contributed by atoms with Gasteiger partial charge in [0, 0.05) is 11.6 Å². The van der Waals surface area contributed by atoms with Crippen LogP contribution in [-0.2, 0) is 4.74 Å². The molecule has 0 unspecified atom stereocenters. The molecular weight excluding hydrogens is 355 g/mol. The first-order chi connectivity index (χ1) is 11.6. The number of nitrogens with zero attached hydrogens (tertiary/aromatic N) is 1. The Bertz CT molecular complexity index is 904. The van der Waals surface area contributed by atoms with Gasteiger partial charge >= 0.3 is 12.3 Å². The van der Waals surface area contributed by atoms with Crippen LogP contribution in [0.25, 0.3) is 11.3 Å². The Labute approximate surface area is 135 Å². The molecule has 3 rings (SSSR count). The number of aromatic nitrogens is 1. The van der Waals surface area contributed by atoms with E-state index in [2.05, 4.69) is 19.2 Å². The molecule has 1 aromatic carbocycles. The summed E-state index contributed by atoms with van der Waals surface area (Å²) in [7, 11) is 0.909. The number of hydrogen-bond donors (Lipinski definition) is 1. The van der Waals surface area contributed by atoms with Crippen LogP contribution in [0.4, 0.5) is 27.6 Å². The number of pyridine rings is 1. The van der Waals surface area contributed by atoms with Crippen molar-refractivity contribution in [2.75, 3.05) is 12.8 Å². The highest BCUT2D eigenvalue weighted by Gasteiger charge is 2.44. The summed E-state index contributed by atoms with van der Waals surface area (Å²) in [6.45, 7) is 0. The van der Waals surface area contributed by atoms with Gasteiger partial charge in [0.15, 0.2) is 28.8 Å². The number of halogens is 5. The number of benzene rings is 1. The molecule has 0 saturated carbocycles. The van der Waals surface area contributed by atoms with E-state index in [-0.39, 0.29) is 0 Å². The van der Waals surface area contributed by atoms with E-state index in [0.717, 1.165) is 7.11 Å².